The highest BCUT2D eigenvalue weighted by atomic mass is 32.2. The molecule has 2 rings (SSSR count). The molecule has 92 valence electrons. The third kappa shape index (κ3) is 2.57. The summed E-state index contributed by atoms with van der Waals surface area (Å²) in [4.78, 5) is 0.693. The number of nitrogens with zero attached hydrogens (tertiary/aromatic N) is 3. The maximum Gasteiger partial charge on any atom is 0.300 e. The summed E-state index contributed by atoms with van der Waals surface area (Å²) >= 11 is 1.00. The third-order valence-electron chi connectivity index (χ3n) is 2.48. The van der Waals surface area contributed by atoms with Gasteiger partial charge in [-0.2, -0.15) is 5.10 Å². The normalized spacial score (nSPS) is 10.0. The van der Waals surface area contributed by atoms with E-state index < -0.39 is 0 Å². The molecule has 0 radical (unpaired) electrons. The SMILES string of the molecule is [C-]#[N+]Sc1cnn(Cc2ccc(OC)cc2)c1N. The van der Waals surface area contributed by atoms with E-state index in [9.17, 15) is 0 Å². The molecule has 0 amide bonds. The fourth-order valence-corrected chi connectivity index (χ4v) is 1.92. The van der Waals surface area contributed by atoms with Crippen LogP contribution in [0, 0.1) is 6.57 Å². The zero-order chi connectivity index (χ0) is 13.0. The second kappa shape index (κ2) is 5.47. The Kier molecular flexibility index (Phi) is 3.75. The zero-order valence-electron chi connectivity index (χ0n) is 9.83. The van der Waals surface area contributed by atoms with E-state index in [1.54, 1.807) is 18.0 Å². The quantitative estimate of drug-likeness (QED) is 0.677. The van der Waals surface area contributed by atoms with E-state index in [1.807, 2.05) is 24.3 Å². The smallest absolute Gasteiger partial charge is 0.300 e. The van der Waals surface area contributed by atoms with Gasteiger partial charge in [0.1, 0.15) is 11.6 Å². The van der Waals surface area contributed by atoms with Crippen LogP contribution >= 0.6 is 11.9 Å². The molecule has 0 saturated carbocycles. The molecule has 0 fully saturated rings. The summed E-state index contributed by atoms with van der Waals surface area (Å²) in [5, 5.41) is 4.17. The predicted molar refractivity (Wildman–Crippen MR) is 71.2 cm³/mol. The number of aromatic nitrogens is 2. The molecule has 0 saturated heterocycles. The van der Waals surface area contributed by atoms with Crippen molar-refractivity contribution in [2.45, 2.75) is 11.4 Å². The van der Waals surface area contributed by atoms with Gasteiger partial charge in [-0.1, -0.05) is 12.1 Å². The summed E-state index contributed by atoms with van der Waals surface area (Å²) in [6.07, 6.45) is 1.61. The minimum absolute atomic E-state index is 0.520. The minimum atomic E-state index is 0.520. The maximum atomic E-state index is 6.79. The molecule has 0 aliphatic rings. The number of methoxy groups -OCH3 is 1. The second-order valence-electron chi connectivity index (χ2n) is 3.58. The number of hydrogen-bond donors (Lipinski definition) is 1. The van der Waals surface area contributed by atoms with Gasteiger partial charge in [0, 0.05) is 0 Å². The third-order valence-corrected chi connectivity index (χ3v) is 3.08. The molecule has 2 aromatic rings. The zero-order valence-corrected chi connectivity index (χ0v) is 10.6. The Labute approximate surface area is 110 Å². The van der Waals surface area contributed by atoms with Crippen molar-refractivity contribution in [3.05, 3.63) is 46.8 Å². The summed E-state index contributed by atoms with van der Waals surface area (Å²) in [6, 6.07) is 7.71. The summed E-state index contributed by atoms with van der Waals surface area (Å²) < 4.78 is 10.00. The molecule has 0 aliphatic carbocycles. The molecule has 1 aromatic heterocycles. The van der Waals surface area contributed by atoms with Crippen molar-refractivity contribution in [1.29, 1.82) is 0 Å². The molecule has 1 heterocycles. The number of benzene rings is 1. The van der Waals surface area contributed by atoms with E-state index >= 15 is 0 Å². The van der Waals surface area contributed by atoms with Crippen LogP contribution in [0.3, 0.4) is 0 Å². The number of anilines is 1. The van der Waals surface area contributed by atoms with Crippen molar-refractivity contribution < 1.29 is 4.74 Å². The van der Waals surface area contributed by atoms with E-state index in [0.717, 1.165) is 23.3 Å². The van der Waals surface area contributed by atoms with Crippen LogP contribution in [0.4, 0.5) is 5.82 Å². The highest BCUT2D eigenvalue weighted by Gasteiger charge is 2.11. The van der Waals surface area contributed by atoms with Gasteiger partial charge >= 0.3 is 0 Å². The lowest BCUT2D eigenvalue weighted by molar-refractivity contribution is 0.414. The van der Waals surface area contributed by atoms with Gasteiger partial charge in [0.15, 0.2) is 4.90 Å². The van der Waals surface area contributed by atoms with Gasteiger partial charge in [0.2, 0.25) is 0 Å². The van der Waals surface area contributed by atoms with Gasteiger partial charge < -0.3 is 10.5 Å². The number of ether oxygens (including phenoxy) is 1. The van der Waals surface area contributed by atoms with Crippen molar-refractivity contribution in [1.82, 2.24) is 9.78 Å². The molecule has 0 atom stereocenters. The van der Waals surface area contributed by atoms with Crippen LogP contribution in [0.15, 0.2) is 35.4 Å². The molecule has 0 bridgehead atoms. The lowest BCUT2D eigenvalue weighted by Crippen LogP contribution is -2.05. The van der Waals surface area contributed by atoms with E-state index in [-0.39, 0.29) is 0 Å². The number of rotatable bonds is 4. The van der Waals surface area contributed by atoms with Crippen LogP contribution in [-0.4, -0.2) is 16.9 Å². The van der Waals surface area contributed by atoms with E-state index in [1.165, 1.54) is 0 Å². The molecule has 2 N–H and O–H groups in total. The Morgan fingerprint density at radius 1 is 1.44 bits per heavy atom. The summed E-state index contributed by atoms with van der Waals surface area (Å²) in [7, 11) is 1.63. The number of hydrogen-bond acceptors (Lipinski definition) is 4. The van der Waals surface area contributed by atoms with Crippen molar-refractivity contribution >= 4 is 17.8 Å². The van der Waals surface area contributed by atoms with Gasteiger partial charge in [0.05, 0.1) is 19.9 Å². The van der Waals surface area contributed by atoms with Gasteiger partial charge in [-0.15, -0.1) is 0 Å². The monoisotopic (exact) mass is 260 g/mol. The molecule has 0 unspecified atom stereocenters. The summed E-state index contributed by atoms with van der Waals surface area (Å²) in [5.41, 5.74) is 6.98. The molecule has 0 spiro atoms. The Hall–Kier alpha value is -2.13. The molecular formula is C12H12N4OS. The fourth-order valence-electron chi connectivity index (χ4n) is 1.53. The van der Waals surface area contributed by atoms with Crippen molar-refractivity contribution in [3.63, 3.8) is 0 Å². The van der Waals surface area contributed by atoms with Gasteiger partial charge in [-0.3, -0.25) is 0 Å². The first-order valence-electron chi connectivity index (χ1n) is 5.22. The van der Waals surface area contributed by atoms with Crippen LogP contribution in [0.5, 0.6) is 5.75 Å². The Morgan fingerprint density at radius 2 is 2.17 bits per heavy atom. The van der Waals surface area contributed by atoms with Crippen molar-refractivity contribution in [2.24, 2.45) is 0 Å². The van der Waals surface area contributed by atoms with E-state index in [4.69, 9.17) is 17.0 Å². The first-order valence-corrected chi connectivity index (χ1v) is 6.00. The lowest BCUT2D eigenvalue weighted by atomic mass is 10.2. The first-order chi connectivity index (χ1) is 8.74. The Bertz CT molecular complexity index is 571. The van der Waals surface area contributed by atoms with Crippen LogP contribution in [-0.2, 0) is 6.54 Å². The second-order valence-corrected chi connectivity index (χ2v) is 4.39. The van der Waals surface area contributed by atoms with Crippen LogP contribution in [0.1, 0.15) is 5.56 Å². The Balaban J connectivity index is 2.15. The van der Waals surface area contributed by atoms with Gasteiger partial charge in [-0.25, -0.2) is 15.5 Å². The molecule has 18 heavy (non-hydrogen) atoms. The topological polar surface area (TPSA) is 57.4 Å². The maximum absolute atomic E-state index is 6.79. The predicted octanol–water partition coefficient (Wildman–Crippen LogP) is 2.45. The van der Waals surface area contributed by atoms with E-state index in [0.29, 0.717) is 17.3 Å². The van der Waals surface area contributed by atoms with Gasteiger partial charge in [-0.05, 0) is 17.7 Å². The van der Waals surface area contributed by atoms with Crippen LogP contribution in [0.2, 0.25) is 0 Å². The molecule has 6 heteroatoms. The van der Waals surface area contributed by atoms with Crippen molar-refractivity contribution in [2.75, 3.05) is 12.8 Å². The van der Waals surface area contributed by atoms with Crippen LogP contribution < -0.4 is 10.5 Å². The lowest BCUT2D eigenvalue weighted by Gasteiger charge is -2.05. The molecule has 0 aliphatic heterocycles. The van der Waals surface area contributed by atoms with E-state index in [2.05, 4.69) is 9.35 Å². The molecular weight excluding hydrogens is 248 g/mol. The average molecular weight is 260 g/mol. The first kappa shape index (κ1) is 12.3. The number of nitrogen functional groups attached to an aromatic ring is 1. The Morgan fingerprint density at radius 3 is 2.78 bits per heavy atom. The highest BCUT2D eigenvalue weighted by molar-refractivity contribution is 8.01. The average Bonchev–Trinajstić information content (AvgIpc) is 2.73. The minimum Gasteiger partial charge on any atom is -0.497 e. The van der Waals surface area contributed by atoms with Crippen molar-refractivity contribution in [3.8, 4) is 5.75 Å². The number of nitrogens with two attached hydrogens (primary N) is 1. The van der Waals surface area contributed by atoms with Crippen LogP contribution in [0.25, 0.3) is 4.25 Å². The standard InChI is InChI=1S/C12H12N4OS/c1-14-18-11-7-15-16(12(11)13)8-9-3-5-10(17-2)6-4-9/h3-7H,8,13H2,2H3. The largest absolute Gasteiger partial charge is 0.497 e. The highest BCUT2D eigenvalue weighted by Crippen LogP contribution is 2.25. The molecule has 5 nitrogen and oxygen atoms in total. The summed E-state index contributed by atoms with van der Waals surface area (Å²) in [6.45, 7) is 7.37. The fraction of sp³-hybridized carbons (Fsp3) is 0.167. The van der Waals surface area contributed by atoms with Gasteiger partial charge in [0.25, 0.3) is 11.9 Å². The summed E-state index contributed by atoms with van der Waals surface area (Å²) in [5.74, 6) is 1.34. The molecule has 1 aromatic carbocycles.